The summed E-state index contributed by atoms with van der Waals surface area (Å²) in [7, 11) is 3.65. The molecule has 0 aliphatic carbocycles. The van der Waals surface area contributed by atoms with Crippen LogP contribution in [0, 0.1) is 5.82 Å². The Bertz CT molecular complexity index is 1610. The number of halogens is 4. The first-order valence-corrected chi connectivity index (χ1v) is 13.3. The number of anilines is 2. The van der Waals surface area contributed by atoms with E-state index in [0.29, 0.717) is 23.6 Å². The molecule has 0 saturated carbocycles. The Labute approximate surface area is 244 Å². The van der Waals surface area contributed by atoms with Crippen molar-refractivity contribution < 1.29 is 27.1 Å². The number of carbonyl (C=O) groups is 1. The van der Waals surface area contributed by atoms with Crippen LogP contribution in [0.2, 0.25) is 0 Å². The predicted molar refractivity (Wildman–Crippen MR) is 151 cm³/mol. The number of likely N-dealkylation sites (N-methyl/N-ethyl adjacent to an activating group) is 1. The van der Waals surface area contributed by atoms with Crippen LogP contribution in [0.3, 0.4) is 0 Å². The fraction of sp³-hybridized carbons (Fsp3) is 0.276. The van der Waals surface area contributed by atoms with Gasteiger partial charge in [0.1, 0.15) is 17.9 Å². The van der Waals surface area contributed by atoms with E-state index in [1.165, 1.54) is 24.7 Å². The molecule has 0 radical (unpaired) electrons. The molecule has 5 rings (SSSR count). The normalized spacial score (nSPS) is 14.4. The number of carbonyl (C=O) groups excluding carboxylic acids is 1. The van der Waals surface area contributed by atoms with Gasteiger partial charge in [-0.15, -0.1) is 0 Å². The van der Waals surface area contributed by atoms with Crippen LogP contribution in [0.5, 0.6) is 11.6 Å². The standard InChI is InChI=1S/C29H28F4N8O2/c1-34-28-37-17-36-25(39-28)21-4-3-9-35-27(21)43-20-7-8-23(30)22(15-20)26(42)38-24-14-19(29(31,32)33)6-5-18(24)16-41-12-10-40(2)11-13-41/h3-9,14-15,17H,10-13,16H2,1-2H3,(H,38,42)(H,34,36,37,39). The molecule has 0 atom stereocenters. The lowest BCUT2D eigenvalue weighted by molar-refractivity contribution is -0.137. The highest BCUT2D eigenvalue weighted by Gasteiger charge is 2.31. The van der Waals surface area contributed by atoms with E-state index in [4.69, 9.17) is 4.74 Å². The summed E-state index contributed by atoms with van der Waals surface area (Å²) in [6.07, 6.45) is -1.83. The number of alkyl halides is 3. The van der Waals surface area contributed by atoms with Crippen molar-refractivity contribution in [1.82, 2.24) is 29.7 Å². The maximum atomic E-state index is 14.9. The number of ether oxygens (including phenoxy) is 1. The van der Waals surface area contributed by atoms with E-state index < -0.39 is 29.0 Å². The van der Waals surface area contributed by atoms with Crippen LogP contribution in [0.4, 0.5) is 29.2 Å². The number of piperazine rings is 1. The number of hydrogen-bond acceptors (Lipinski definition) is 9. The van der Waals surface area contributed by atoms with Crippen molar-refractivity contribution in [2.24, 2.45) is 0 Å². The van der Waals surface area contributed by atoms with Gasteiger partial charge in [-0.05, 0) is 55.1 Å². The molecule has 10 nitrogen and oxygen atoms in total. The smallest absolute Gasteiger partial charge is 0.416 e. The Hall–Kier alpha value is -4.69. The van der Waals surface area contributed by atoms with Crippen molar-refractivity contribution in [3.05, 3.63) is 83.6 Å². The fourth-order valence-corrected chi connectivity index (χ4v) is 4.49. The molecule has 2 aromatic heterocycles. The van der Waals surface area contributed by atoms with Gasteiger partial charge in [-0.1, -0.05) is 6.07 Å². The molecule has 1 aliphatic rings. The molecule has 1 saturated heterocycles. The first-order chi connectivity index (χ1) is 20.6. The minimum atomic E-state index is -4.63. The average molecular weight is 597 g/mol. The number of amides is 1. The lowest BCUT2D eigenvalue weighted by atomic mass is 10.1. The van der Waals surface area contributed by atoms with E-state index in [-0.39, 0.29) is 23.1 Å². The molecule has 2 N–H and O–H groups in total. The van der Waals surface area contributed by atoms with Crippen LogP contribution >= 0.6 is 0 Å². The van der Waals surface area contributed by atoms with E-state index in [0.717, 1.165) is 50.4 Å². The second kappa shape index (κ2) is 12.7. The molecule has 224 valence electrons. The number of nitrogens with one attached hydrogen (secondary N) is 2. The largest absolute Gasteiger partial charge is 0.438 e. The van der Waals surface area contributed by atoms with Gasteiger partial charge in [0, 0.05) is 51.7 Å². The van der Waals surface area contributed by atoms with Gasteiger partial charge in [0.2, 0.25) is 11.8 Å². The number of pyridine rings is 1. The van der Waals surface area contributed by atoms with Crippen molar-refractivity contribution in [2.45, 2.75) is 12.7 Å². The molecule has 1 aliphatic heterocycles. The molecule has 1 fully saturated rings. The Morgan fingerprint density at radius 1 is 1.02 bits per heavy atom. The van der Waals surface area contributed by atoms with Crippen LogP contribution in [-0.2, 0) is 12.7 Å². The number of benzene rings is 2. The number of aromatic nitrogens is 4. The van der Waals surface area contributed by atoms with Crippen molar-refractivity contribution in [2.75, 3.05) is 50.9 Å². The summed E-state index contributed by atoms with van der Waals surface area (Å²) in [5.74, 6) is -1.08. The van der Waals surface area contributed by atoms with Crippen molar-refractivity contribution in [3.63, 3.8) is 0 Å². The Kier molecular flexibility index (Phi) is 8.78. The number of nitrogens with zero attached hydrogens (tertiary/aromatic N) is 6. The Balaban J connectivity index is 1.41. The summed E-state index contributed by atoms with van der Waals surface area (Å²) in [4.78, 5) is 34.2. The molecule has 3 heterocycles. The van der Waals surface area contributed by atoms with Crippen LogP contribution in [0.25, 0.3) is 11.4 Å². The van der Waals surface area contributed by atoms with Gasteiger partial charge in [-0.25, -0.2) is 19.3 Å². The van der Waals surface area contributed by atoms with E-state index in [1.54, 1.807) is 19.2 Å². The summed E-state index contributed by atoms with van der Waals surface area (Å²) in [5, 5.41) is 5.31. The predicted octanol–water partition coefficient (Wildman–Crippen LogP) is 4.93. The molecule has 43 heavy (non-hydrogen) atoms. The van der Waals surface area contributed by atoms with Crippen LogP contribution in [0.1, 0.15) is 21.5 Å². The highest BCUT2D eigenvalue weighted by atomic mass is 19.4. The second-order valence-corrected chi connectivity index (χ2v) is 9.89. The van der Waals surface area contributed by atoms with Gasteiger partial charge >= 0.3 is 6.18 Å². The third kappa shape index (κ3) is 7.21. The van der Waals surface area contributed by atoms with Gasteiger partial charge in [0.25, 0.3) is 5.91 Å². The summed E-state index contributed by atoms with van der Waals surface area (Å²) < 4.78 is 61.5. The molecular formula is C29H28F4N8O2. The summed E-state index contributed by atoms with van der Waals surface area (Å²) in [6, 6.07) is 10.0. The first-order valence-electron chi connectivity index (χ1n) is 13.3. The van der Waals surface area contributed by atoms with Crippen molar-refractivity contribution in [3.8, 4) is 23.0 Å². The van der Waals surface area contributed by atoms with Crippen LogP contribution in [-0.4, -0.2) is 75.9 Å². The molecule has 4 aromatic rings. The maximum absolute atomic E-state index is 14.9. The maximum Gasteiger partial charge on any atom is 0.416 e. The van der Waals surface area contributed by atoms with E-state index in [2.05, 4.69) is 40.4 Å². The zero-order valence-corrected chi connectivity index (χ0v) is 23.3. The molecule has 0 unspecified atom stereocenters. The van der Waals surface area contributed by atoms with Gasteiger partial charge in [-0.2, -0.15) is 18.2 Å². The minimum absolute atomic E-state index is 0.0494. The zero-order valence-electron chi connectivity index (χ0n) is 23.3. The monoisotopic (exact) mass is 596 g/mol. The Morgan fingerprint density at radius 3 is 2.56 bits per heavy atom. The lowest BCUT2D eigenvalue weighted by Crippen LogP contribution is -2.44. The SMILES string of the molecule is CNc1ncnc(-c2cccnc2Oc2ccc(F)c(C(=O)Nc3cc(C(F)(F)F)ccc3CN3CCN(C)CC3)c2)n1. The van der Waals surface area contributed by atoms with Gasteiger partial charge < -0.3 is 20.3 Å². The quantitative estimate of drug-likeness (QED) is 0.274. The highest BCUT2D eigenvalue weighted by molar-refractivity contribution is 6.05. The average Bonchev–Trinajstić information content (AvgIpc) is 2.99. The van der Waals surface area contributed by atoms with E-state index >= 15 is 0 Å². The topological polar surface area (TPSA) is 108 Å². The molecule has 0 spiro atoms. The highest BCUT2D eigenvalue weighted by Crippen LogP contribution is 2.34. The summed E-state index contributed by atoms with van der Waals surface area (Å²) in [6.45, 7) is 3.37. The Morgan fingerprint density at radius 2 is 1.81 bits per heavy atom. The fourth-order valence-electron chi connectivity index (χ4n) is 4.49. The number of rotatable bonds is 8. The van der Waals surface area contributed by atoms with Gasteiger partial charge in [0.15, 0.2) is 5.82 Å². The summed E-state index contributed by atoms with van der Waals surface area (Å²) in [5.41, 5.74) is -0.503. The van der Waals surface area contributed by atoms with Gasteiger partial charge in [-0.3, -0.25) is 9.69 Å². The van der Waals surface area contributed by atoms with Crippen molar-refractivity contribution >= 4 is 17.5 Å². The lowest BCUT2D eigenvalue weighted by Gasteiger charge is -2.32. The number of hydrogen-bond donors (Lipinski definition) is 2. The summed E-state index contributed by atoms with van der Waals surface area (Å²) >= 11 is 0. The zero-order chi connectivity index (χ0) is 30.6. The van der Waals surface area contributed by atoms with Crippen LogP contribution in [0.15, 0.2) is 61.1 Å². The molecule has 0 bridgehead atoms. The molecule has 14 heteroatoms. The molecule has 2 aromatic carbocycles. The van der Waals surface area contributed by atoms with Crippen LogP contribution < -0.4 is 15.4 Å². The van der Waals surface area contributed by atoms with E-state index in [9.17, 15) is 22.4 Å². The molecular weight excluding hydrogens is 568 g/mol. The second-order valence-electron chi connectivity index (χ2n) is 9.89. The molecule has 1 amide bonds. The van der Waals surface area contributed by atoms with Gasteiger partial charge in [0.05, 0.1) is 16.7 Å². The third-order valence-electron chi connectivity index (χ3n) is 6.88. The minimum Gasteiger partial charge on any atom is -0.438 e. The third-order valence-corrected chi connectivity index (χ3v) is 6.88. The van der Waals surface area contributed by atoms with E-state index in [1.807, 2.05) is 7.05 Å². The first kappa shape index (κ1) is 29.8. The van der Waals surface area contributed by atoms with Crippen molar-refractivity contribution in [1.29, 1.82) is 0 Å².